The van der Waals surface area contributed by atoms with Crippen molar-refractivity contribution in [3.8, 4) is 22.9 Å². The summed E-state index contributed by atoms with van der Waals surface area (Å²) in [5.41, 5.74) is 3.18. The van der Waals surface area contributed by atoms with E-state index in [0.717, 1.165) is 22.6 Å². The number of aryl methyl sites for hydroxylation is 2. The van der Waals surface area contributed by atoms with E-state index in [-0.39, 0.29) is 5.91 Å². The summed E-state index contributed by atoms with van der Waals surface area (Å²) < 4.78 is 12.4. The third-order valence-electron chi connectivity index (χ3n) is 4.54. The standard InChI is InChI=1S/C19H24N6O3S/c1-10-16(11(2)25(4)24-10)20-18(26)12(3)29-19-21-17(22-23-19)14-8-7-13(27-5)9-15(14)28-6/h7-9,12H,1-6H3,(H,20,26)(H,21,22,23). The molecule has 3 aromatic rings. The Labute approximate surface area is 173 Å². The fourth-order valence-corrected chi connectivity index (χ4v) is 3.53. The van der Waals surface area contributed by atoms with Gasteiger partial charge in [0, 0.05) is 13.1 Å². The summed E-state index contributed by atoms with van der Waals surface area (Å²) in [7, 11) is 5.02. The van der Waals surface area contributed by atoms with E-state index in [1.807, 2.05) is 40.0 Å². The summed E-state index contributed by atoms with van der Waals surface area (Å²) >= 11 is 1.27. The van der Waals surface area contributed by atoms with Crippen molar-refractivity contribution in [1.82, 2.24) is 25.0 Å². The number of nitrogens with one attached hydrogen (secondary N) is 2. The van der Waals surface area contributed by atoms with Crippen LogP contribution in [0.25, 0.3) is 11.4 Å². The van der Waals surface area contributed by atoms with Gasteiger partial charge >= 0.3 is 0 Å². The first-order valence-corrected chi connectivity index (χ1v) is 9.84. The average molecular weight is 417 g/mol. The number of carbonyl (C=O) groups excluding carboxylic acids is 1. The second kappa shape index (κ2) is 8.56. The van der Waals surface area contributed by atoms with Crippen LogP contribution >= 0.6 is 11.8 Å². The molecule has 10 heteroatoms. The number of carbonyl (C=O) groups is 1. The fraction of sp³-hybridized carbons (Fsp3) is 0.368. The van der Waals surface area contributed by atoms with Crippen molar-refractivity contribution in [3.63, 3.8) is 0 Å². The molecule has 1 unspecified atom stereocenters. The number of H-pyrrole nitrogens is 1. The highest BCUT2D eigenvalue weighted by Gasteiger charge is 2.21. The summed E-state index contributed by atoms with van der Waals surface area (Å²) in [6.07, 6.45) is 0. The largest absolute Gasteiger partial charge is 0.497 e. The van der Waals surface area contributed by atoms with Crippen molar-refractivity contribution in [3.05, 3.63) is 29.6 Å². The van der Waals surface area contributed by atoms with Crippen LogP contribution in [0.2, 0.25) is 0 Å². The molecule has 154 valence electrons. The zero-order valence-electron chi connectivity index (χ0n) is 17.2. The minimum atomic E-state index is -0.393. The number of aromatic nitrogens is 5. The highest BCUT2D eigenvalue weighted by atomic mass is 32.2. The smallest absolute Gasteiger partial charge is 0.237 e. The molecule has 0 aliphatic rings. The van der Waals surface area contributed by atoms with Crippen LogP contribution in [0.5, 0.6) is 11.5 Å². The summed E-state index contributed by atoms with van der Waals surface area (Å²) in [4.78, 5) is 17.1. The van der Waals surface area contributed by atoms with Crippen LogP contribution in [0.1, 0.15) is 18.3 Å². The van der Waals surface area contributed by atoms with Crippen molar-refractivity contribution in [2.24, 2.45) is 7.05 Å². The van der Waals surface area contributed by atoms with Gasteiger partial charge in [-0.2, -0.15) is 5.10 Å². The Kier molecular flexibility index (Phi) is 6.12. The van der Waals surface area contributed by atoms with E-state index < -0.39 is 5.25 Å². The molecule has 0 saturated carbocycles. The van der Waals surface area contributed by atoms with Gasteiger partial charge in [-0.1, -0.05) is 11.8 Å². The van der Waals surface area contributed by atoms with Gasteiger partial charge in [0.05, 0.1) is 42.1 Å². The molecule has 0 aliphatic carbocycles. The molecule has 29 heavy (non-hydrogen) atoms. The molecule has 0 spiro atoms. The number of nitrogens with zero attached hydrogens (tertiary/aromatic N) is 4. The van der Waals surface area contributed by atoms with E-state index in [2.05, 4.69) is 25.6 Å². The zero-order chi connectivity index (χ0) is 21.1. The number of methoxy groups -OCH3 is 2. The SMILES string of the molecule is COc1ccc(-c2nc(SC(C)C(=O)Nc3c(C)nn(C)c3C)n[nH]2)c(OC)c1. The van der Waals surface area contributed by atoms with Crippen LogP contribution in [-0.4, -0.2) is 50.3 Å². The van der Waals surface area contributed by atoms with Crippen molar-refractivity contribution < 1.29 is 14.3 Å². The highest BCUT2D eigenvalue weighted by Crippen LogP contribution is 2.32. The lowest BCUT2D eigenvalue weighted by molar-refractivity contribution is -0.115. The van der Waals surface area contributed by atoms with Gasteiger partial charge in [-0.25, -0.2) is 4.98 Å². The van der Waals surface area contributed by atoms with Gasteiger partial charge in [0.25, 0.3) is 0 Å². The van der Waals surface area contributed by atoms with Crippen molar-refractivity contribution in [2.75, 3.05) is 19.5 Å². The van der Waals surface area contributed by atoms with E-state index in [0.29, 0.717) is 22.5 Å². The Morgan fingerprint density at radius 2 is 2.03 bits per heavy atom. The maximum Gasteiger partial charge on any atom is 0.237 e. The number of benzene rings is 1. The lowest BCUT2D eigenvalue weighted by Gasteiger charge is -2.10. The average Bonchev–Trinajstić information content (AvgIpc) is 3.27. The summed E-state index contributed by atoms with van der Waals surface area (Å²) in [6, 6.07) is 5.44. The molecule has 9 nitrogen and oxygen atoms in total. The number of thioether (sulfide) groups is 1. The molecule has 0 radical (unpaired) electrons. The second-order valence-electron chi connectivity index (χ2n) is 6.45. The van der Waals surface area contributed by atoms with Crippen LogP contribution in [0.3, 0.4) is 0 Å². The number of amides is 1. The molecule has 0 fully saturated rings. The molecule has 0 bridgehead atoms. The molecule has 2 aromatic heterocycles. The summed E-state index contributed by atoms with van der Waals surface area (Å²) in [5, 5.41) is 14.5. The minimum absolute atomic E-state index is 0.137. The van der Waals surface area contributed by atoms with E-state index in [1.54, 1.807) is 25.0 Å². The lowest BCUT2D eigenvalue weighted by Crippen LogP contribution is -2.23. The quantitative estimate of drug-likeness (QED) is 0.570. The molecular weight excluding hydrogens is 392 g/mol. The Hall–Kier alpha value is -3.01. The molecular formula is C19H24N6O3S. The molecule has 1 aromatic carbocycles. The van der Waals surface area contributed by atoms with Gasteiger partial charge in [-0.3, -0.25) is 14.6 Å². The van der Waals surface area contributed by atoms with Gasteiger partial charge in [-0.05, 0) is 32.9 Å². The molecule has 2 N–H and O–H groups in total. The maximum atomic E-state index is 12.6. The Morgan fingerprint density at radius 3 is 2.66 bits per heavy atom. The topological polar surface area (TPSA) is 107 Å². The van der Waals surface area contributed by atoms with Crippen LogP contribution in [0.4, 0.5) is 5.69 Å². The molecule has 0 aliphatic heterocycles. The first kappa shape index (κ1) is 20.7. The minimum Gasteiger partial charge on any atom is -0.497 e. The van der Waals surface area contributed by atoms with E-state index in [1.165, 1.54) is 11.8 Å². The monoisotopic (exact) mass is 416 g/mol. The molecule has 0 saturated heterocycles. The molecule has 3 rings (SSSR count). The van der Waals surface area contributed by atoms with Crippen molar-refractivity contribution >= 4 is 23.4 Å². The normalized spacial score (nSPS) is 11.9. The van der Waals surface area contributed by atoms with E-state index in [9.17, 15) is 4.79 Å². The van der Waals surface area contributed by atoms with Gasteiger partial charge in [0.15, 0.2) is 5.82 Å². The van der Waals surface area contributed by atoms with Gasteiger partial charge in [-0.15, -0.1) is 5.10 Å². The number of rotatable bonds is 7. The Balaban J connectivity index is 1.72. The van der Waals surface area contributed by atoms with E-state index >= 15 is 0 Å². The molecule has 2 heterocycles. The summed E-state index contributed by atoms with van der Waals surface area (Å²) in [5.74, 6) is 1.72. The van der Waals surface area contributed by atoms with Gasteiger partial charge < -0.3 is 14.8 Å². The van der Waals surface area contributed by atoms with Gasteiger partial charge in [0.2, 0.25) is 11.1 Å². The molecule has 1 amide bonds. The third-order valence-corrected chi connectivity index (χ3v) is 5.50. The number of hydrogen-bond donors (Lipinski definition) is 2. The lowest BCUT2D eigenvalue weighted by atomic mass is 10.2. The van der Waals surface area contributed by atoms with Crippen LogP contribution in [0, 0.1) is 13.8 Å². The first-order valence-electron chi connectivity index (χ1n) is 8.96. The number of aromatic amines is 1. The fourth-order valence-electron chi connectivity index (χ4n) is 2.80. The van der Waals surface area contributed by atoms with Crippen LogP contribution in [-0.2, 0) is 11.8 Å². The predicted octanol–water partition coefficient (Wildman–Crippen LogP) is 2.96. The first-order chi connectivity index (χ1) is 13.8. The maximum absolute atomic E-state index is 12.6. The predicted molar refractivity (Wildman–Crippen MR) is 112 cm³/mol. The van der Waals surface area contributed by atoms with Gasteiger partial charge in [0.1, 0.15) is 11.5 Å². The van der Waals surface area contributed by atoms with E-state index in [4.69, 9.17) is 9.47 Å². The van der Waals surface area contributed by atoms with Crippen LogP contribution < -0.4 is 14.8 Å². The van der Waals surface area contributed by atoms with Crippen molar-refractivity contribution in [2.45, 2.75) is 31.2 Å². The molecule has 1 atom stereocenters. The number of ether oxygens (including phenoxy) is 2. The zero-order valence-corrected chi connectivity index (χ0v) is 18.0. The van der Waals surface area contributed by atoms with Crippen LogP contribution in [0.15, 0.2) is 23.4 Å². The Morgan fingerprint density at radius 1 is 1.28 bits per heavy atom. The third kappa shape index (κ3) is 4.37. The van der Waals surface area contributed by atoms with Crippen molar-refractivity contribution in [1.29, 1.82) is 0 Å². The Bertz CT molecular complexity index is 1030. The second-order valence-corrected chi connectivity index (χ2v) is 7.76. The number of hydrogen-bond acceptors (Lipinski definition) is 7. The summed E-state index contributed by atoms with van der Waals surface area (Å²) in [6.45, 7) is 5.59. The number of anilines is 1. The highest BCUT2D eigenvalue weighted by molar-refractivity contribution is 8.00.